The lowest BCUT2D eigenvalue weighted by molar-refractivity contribution is -0.143. The van der Waals surface area contributed by atoms with Crippen molar-refractivity contribution in [1.29, 1.82) is 0 Å². The number of nitrogens with one attached hydrogen (secondary N) is 1. The summed E-state index contributed by atoms with van der Waals surface area (Å²) < 4.78 is 0. The van der Waals surface area contributed by atoms with Crippen LogP contribution in [-0.2, 0) is 15.1 Å². The van der Waals surface area contributed by atoms with Gasteiger partial charge in [-0.2, -0.15) is 0 Å². The summed E-state index contributed by atoms with van der Waals surface area (Å²) in [6, 6.07) is 8.00. The van der Waals surface area contributed by atoms with E-state index in [9.17, 15) is 14.7 Å². The summed E-state index contributed by atoms with van der Waals surface area (Å²) >= 11 is 0. The number of carbonyl (C=O) groups excluding carboxylic acids is 2. The number of hydrogen-bond acceptors (Lipinski definition) is 4. The number of fused-ring (bicyclic) bond motifs is 4. The van der Waals surface area contributed by atoms with E-state index in [1.54, 1.807) is 11.9 Å². The van der Waals surface area contributed by atoms with E-state index < -0.39 is 11.5 Å². The second kappa shape index (κ2) is 5.57. The van der Waals surface area contributed by atoms with Gasteiger partial charge < -0.3 is 15.3 Å². The molecule has 128 valence electrons. The normalized spacial score (nSPS) is 31.2. The van der Waals surface area contributed by atoms with Crippen molar-refractivity contribution in [2.75, 3.05) is 32.1 Å². The molecule has 2 saturated heterocycles. The largest absolute Gasteiger partial charge is 0.395 e. The number of nitrogens with zero attached hydrogens (tertiary/aromatic N) is 2. The quantitative estimate of drug-likeness (QED) is 0.859. The van der Waals surface area contributed by atoms with Gasteiger partial charge in [0.1, 0.15) is 5.54 Å². The van der Waals surface area contributed by atoms with Crippen molar-refractivity contribution >= 4 is 17.5 Å². The van der Waals surface area contributed by atoms with Crippen LogP contribution in [0.25, 0.3) is 0 Å². The van der Waals surface area contributed by atoms with Crippen molar-refractivity contribution in [3.05, 3.63) is 29.8 Å². The van der Waals surface area contributed by atoms with Crippen LogP contribution >= 0.6 is 0 Å². The molecule has 2 fully saturated rings. The number of rotatable bonds is 3. The Hall–Kier alpha value is -1.92. The standard InChI is InChI=1S/C18H23N3O3/c1-20(9-10-22)16(23)14-11-12-5-4-8-21(12)18(14)13-6-2-3-7-15(13)19-17(18)24/h2-3,6-7,12,14,22H,4-5,8-11H2,1H3,(H,19,24)/t12-,14+,18+/m1/s1. The van der Waals surface area contributed by atoms with Crippen LogP contribution in [0.15, 0.2) is 24.3 Å². The minimum absolute atomic E-state index is 0.0506. The van der Waals surface area contributed by atoms with Gasteiger partial charge in [-0.15, -0.1) is 0 Å². The lowest BCUT2D eigenvalue weighted by Crippen LogP contribution is -2.54. The van der Waals surface area contributed by atoms with E-state index >= 15 is 0 Å². The molecule has 2 N–H and O–H groups in total. The third-order valence-corrected chi connectivity index (χ3v) is 5.88. The maximum Gasteiger partial charge on any atom is 0.250 e. The van der Waals surface area contributed by atoms with Crippen LogP contribution in [-0.4, -0.2) is 59.5 Å². The summed E-state index contributed by atoms with van der Waals surface area (Å²) in [4.78, 5) is 30.0. The molecule has 0 bridgehead atoms. The molecular weight excluding hydrogens is 306 g/mol. The molecule has 6 nitrogen and oxygen atoms in total. The highest BCUT2D eigenvalue weighted by molar-refractivity contribution is 6.09. The van der Waals surface area contributed by atoms with Crippen molar-refractivity contribution in [2.45, 2.75) is 30.8 Å². The topological polar surface area (TPSA) is 72.9 Å². The molecule has 1 aromatic carbocycles. The first-order valence-corrected chi connectivity index (χ1v) is 8.64. The lowest BCUT2D eigenvalue weighted by Gasteiger charge is -2.37. The molecule has 3 heterocycles. The number of para-hydroxylation sites is 1. The van der Waals surface area contributed by atoms with Crippen molar-refractivity contribution in [1.82, 2.24) is 9.80 Å². The molecule has 2 amide bonds. The van der Waals surface area contributed by atoms with Gasteiger partial charge in [0, 0.05) is 30.9 Å². The van der Waals surface area contributed by atoms with Crippen molar-refractivity contribution in [3.63, 3.8) is 0 Å². The Morgan fingerprint density at radius 2 is 2.25 bits per heavy atom. The Morgan fingerprint density at radius 1 is 1.46 bits per heavy atom. The number of benzene rings is 1. The monoisotopic (exact) mass is 329 g/mol. The van der Waals surface area contributed by atoms with Gasteiger partial charge in [-0.3, -0.25) is 14.5 Å². The minimum Gasteiger partial charge on any atom is -0.395 e. The van der Waals surface area contributed by atoms with Crippen LogP contribution in [0.2, 0.25) is 0 Å². The van der Waals surface area contributed by atoms with Gasteiger partial charge in [-0.1, -0.05) is 18.2 Å². The fourth-order valence-electron chi connectivity index (χ4n) is 4.89. The first-order valence-electron chi connectivity index (χ1n) is 8.64. The van der Waals surface area contributed by atoms with E-state index in [0.717, 1.165) is 30.6 Å². The molecule has 3 aliphatic heterocycles. The molecule has 24 heavy (non-hydrogen) atoms. The second-order valence-corrected chi connectivity index (χ2v) is 7.03. The Labute approximate surface area is 141 Å². The lowest BCUT2D eigenvalue weighted by atomic mass is 9.78. The predicted molar refractivity (Wildman–Crippen MR) is 89.3 cm³/mol. The molecule has 1 spiro atoms. The van der Waals surface area contributed by atoms with E-state index in [4.69, 9.17) is 0 Å². The fourth-order valence-corrected chi connectivity index (χ4v) is 4.89. The van der Waals surface area contributed by atoms with Gasteiger partial charge in [0.2, 0.25) is 11.8 Å². The molecule has 0 aromatic heterocycles. The summed E-state index contributed by atoms with van der Waals surface area (Å²) in [5, 5.41) is 12.2. The molecule has 0 saturated carbocycles. The number of likely N-dealkylation sites (N-methyl/N-ethyl adjacent to an activating group) is 1. The predicted octanol–water partition coefficient (Wildman–Crippen LogP) is 0.769. The molecule has 6 heteroatoms. The SMILES string of the molecule is CN(CCO)C(=O)[C@@H]1C[C@H]2CCCN2[C@]12C(=O)Nc1ccccc12. The molecule has 0 aliphatic carbocycles. The highest BCUT2D eigenvalue weighted by Gasteiger charge is 2.65. The molecule has 3 aliphatic rings. The first kappa shape index (κ1) is 15.6. The highest BCUT2D eigenvalue weighted by atomic mass is 16.3. The number of anilines is 1. The van der Waals surface area contributed by atoms with E-state index in [0.29, 0.717) is 13.0 Å². The molecule has 1 aromatic rings. The van der Waals surface area contributed by atoms with Crippen molar-refractivity contribution in [2.24, 2.45) is 5.92 Å². The van der Waals surface area contributed by atoms with Crippen LogP contribution in [0, 0.1) is 5.92 Å². The Balaban J connectivity index is 1.83. The van der Waals surface area contributed by atoms with Gasteiger partial charge in [0.05, 0.1) is 12.5 Å². The molecule has 4 rings (SSSR count). The third-order valence-electron chi connectivity index (χ3n) is 5.88. The average molecular weight is 329 g/mol. The number of carbonyl (C=O) groups is 2. The van der Waals surface area contributed by atoms with Crippen LogP contribution in [0.5, 0.6) is 0 Å². The molecular formula is C18H23N3O3. The first-order chi connectivity index (χ1) is 11.6. The smallest absolute Gasteiger partial charge is 0.250 e. The maximum atomic E-state index is 13.1. The van der Waals surface area contributed by atoms with Gasteiger partial charge in [0.25, 0.3) is 0 Å². The summed E-state index contributed by atoms with van der Waals surface area (Å²) in [6.07, 6.45) is 2.80. The van der Waals surface area contributed by atoms with E-state index in [1.165, 1.54) is 0 Å². The number of aliphatic hydroxyl groups is 1. The maximum absolute atomic E-state index is 13.1. The zero-order valence-corrected chi connectivity index (χ0v) is 13.9. The van der Waals surface area contributed by atoms with Gasteiger partial charge in [-0.05, 0) is 31.9 Å². The highest BCUT2D eigenvalue weighted by Crippen LogP contribution is 2.55. The van der Waals surface area contributed by atoms with Crippen molar-refractivity contribution < 1.29 is 14.7 Å². The molecule has 0 unspecified atom stereocenters. The van der Waals surface area contributed by atoms with E-state index in [-0.39, 0.29) is 24.5 Å². The molecule has 0 radical (unpaired) electrons. The van der Waals surface area contributed by atoms with E-state index in [1.807, 2.05) is 24.3 Å². The van der Waals surface area contributed by atoms with Gasteiger partial charge >= 0.3 is 0 Å². The van der Waals surface area contributed by atoms with Crippen LogP contribution in [0.4, 0.5) is 5.69 Å². The number of amides is 2. The Kier molecular flexibility index (Phi) is 3.62. The van der Waals surface area contributed by atoms with Crippen molar-refractivity contribution in [3.8, 4) is 0 Å². The minimum atomic E-state index is -0.890. The number of hydrogen-bond donors (Lipinski definition) is 2. The summed E-state index contributed by atoms with van der Waals surface area (Å²) in [5.41, 5.74) is 0.853. The van der Waals surface area contributed by atoms with Crippen LogP contribution in [0.3, 0.4) is 0 Å². The second-order valence-electron chi connectivity index (χ2n) is 7.03. The Morgan fingerprint density at radius 3 is 3.04 bits per heavy atom. The average Bonchev–Trinajstić information content (AvgIpc) is 3.22. The van der Waals surface area contributed by atoms with Gasteiger partial charge in [-0.25, -0.2) is 0 Å². The Bertz CT molecular complexity index is 692. The number of aliphatic hydroxyl groups excluding tert-OH is 1. The van der Waals surface area contributed by atoms with Crippen LogP contribution in [0.1, 0.15) is 24.8 Å². The van der Waals surface area contributed by atoms with Crippen LogP contribution < -0.4 is 5.32 Å². The molecule has 3 atom stereocenters. The van der Waals surface area contributed by atoms with E-state index in [2.05, 4.69) is 10.2 Å². The zero-order valence-electron chi connectivity index (χ0n) is 13.9. The third kappa shape index (κ3) is 1.90. The zero-order chi connectivity index (χ0) is 16.9. The summed E-state index contributed by atoms with van der Waals surface area (Å²) in [6.45, 7) is 1.07. The van der Waals surface area contributed by atoms with Gasteiger partial charge in [0.15, 0.2) is 0 Å². The summed E-state index contributed by atoms with van der Waals surface area (Å²) in [7, 11) is 1.70. The fraction of sp³-hybridized carbons (Fsp3) is 0.556. The summed E-state index contributed by atoms with van der Waals surface area (Å²) in [5.74, 6) is -0.530.